The van der Waals surface area contributed by atoms with Gasteiger partial charge in [-0.05, 0) is 13.5 Å². The van der Waals surface area contributed by atoms with Crippen LogP contribution in [0.5, 0.6) is 0 Å². The molecule has 8 heteroatoms. The SMILES string of the molecule is CCCCCCCC(=O)NC1=NC(=O)C2=C(CN3CCN(C)CC3)C=NC2=N1. The van der Waals surface area contributed by atoms with Crippen LogP contribution in [0.2, 0.25) is 0 Å². The van der Waals surface area contributed by atoms with Crippen molar-refractivity contribution >= 4 is 29.8 Å². The molecular weight excluding hydrogens is 356 g/mol. The lowest BCUT2D eigenvalue weighted by molar-refractivity contribution is -0.119. The van der Waals surface area contributed by atoms with Crippen LogP contribution in [0.3, 0.4) is 0 Å². The van der Waals surface area contributed by atoms with Crippen LogP contribution in [0.1, 0.15) is 45.4 Å². The van der Waals surface area contributed by atoms with Gasteiger partial charge in [-0.1, -0.05) is 32.6 Å². The third kappa shape index (κ3) is 5.42. The van der Waals surface area contributed by atoms with Crippen LogP contribution in [0, 0.1) is 0 Å². The molecule has 0 bridgehead atoms. The highest BCUT2D eigenvalue weighted by molar-refractivity contribution is 6.34. The molecule has 0 aromatic carbocycles. The number of aliphatic imine (C=N–C) groups is 3. The zero-order valence-corrected chi connectivity index (χ0v) is 16.9. The van der Waals surface area contributed by atoms with E-state index in [1.807, 2.05) is 0 Å². The van der Waals surface area contributed by atoms with Gasteiger partial charge in [0.1, 0.15) is 0 Å². The van der Waals surface area contributed by atoms with Crippen molar-refractivity contribution in [1.82, 2.24) is 15.1 Å². The Morgan fingerprint density at radius 1 is 1.11 bits per heavy atom. The Hall–Kier alpha value is -2.19. The number of guanidine groups is 1. The number of piperazine rings is 1. The first-order valence-corrected chi connectivity index (χ1v) is 10.3. The lowest BCUT2D eigenvalue weighted by Gasteiger charge is -2.32. The normalized spacial score (nSPS) is 20.3. The Labute approximate surface area is 166 Å². The molecular formula is C20H30N6O2. The topological polar surface area (TPSA) is 89.7 Å². The first kappa shape index (κ1) is 20.5. The quantitative estimate of drug-likeness (QED) is 0.638. The number of nitrogens with one attached hydrogen (secondary N) is 1. The van der Waals surface area contributed by atoms with Gasteiger partial charge in [0.25, 0.3) is 5.91 Å². The van der Waals surface area contributed by atoms with Gasteiger partial charge in [0.2, 0.25) is 11.9 Å². The van der Waals surface area contributed by atoms with Crippen molar-refractivity contribution in [2.45, 2.75) is 45.4 Å². The van der Waals surface area contributed by atoms with Gasteiger partial charge in [-0.3, -0.25) is 19.8 Å². The number of hydrogen-bond donors (Lipinski definition) is 1. The van der Waals surface area contributed by atoms with E-state index in [1.54, 1.807) is 6.21 Å². The monoisotopic (exact) mass is 386 g/mol. The van der Waals surface area contributed by atoms with Crippen molar-refractivity contribution < 1.29 is 9.59 Å². The summed E-state index contributed by atoms with van der Waals surface area (Å²) in [4.78, 5) is 41.7. The molecule has 1 fully saturated rings. The molecule has 3 aliphatic heterocycles. The molecule has 3 aliphatic rings. The number of nitrogens with zero attached hydrogens (tertiary/aromatic N) is 5. The number of carbonyl (C=O) groups excluding carboxylic acids is 2. The summed E-state index contributed by atoms with van der Waals surface area (Å²) < 4.78 is 0. The van der Waals surface area contributed by atoms with Gasteiger partial charge >= 0.3 is 0 Å². The zero-order chi connectivity index (χ0) is 19.9. The average Bonchev–Trinajstić information content (AvgIpc) is 3.06. The maximum absolute atomic E-state index is 12.5. The maximum atomic E-state index is 12.5. The summed E-state index contributed by atoms with van der Waals surface area (Å²) in [6, 6.07) is 0. The second-order valence-electron chi connectivity index (χ2n) is 7.63. The van der Waals surface area contributed by atoms with Gasteiger partial charge in [-0.25, -0.2) is 4.99 Å². The van der Waals surface area contributed by atoms with Crippen molar-refractivity contribution in [3.05, 3.63) is 11.1 Å². The second kappa shape index (κ2) is 9.84. The smallest absolute Gasteiger partial charge is 0.284 e. The number of fused-ring (bicyclic) bond motifs is 1. The molecule has 8 nitrogen and oxygen atoms in total. The molecule has 0 spiro atoms. The van der Waals surface area contributed by atoms with Crippen molar-refractivity contribution in [3.63, 3.8) is 0 Å². The summed E-state index contributed by atoms with van der Waals surface area (Å²) in [6.45, 7) is 6.79. The molecule has 2 amide bonds. The molecule has 1 saturated heterocycles. The maximum Gasteiger partial charge on any atom is 0.284 e. The molecule has 1 N–H and O–H groups in total. The number of unbranched alkanes of at least 4 members (excludes halogenated alkanes) is 4. The highest BCUT2D eigenvalue weighted by Gasteiger charge is 2.30. The standard InChI is InChI=1S/C20H30N6O2/c1-3-4-5-6-7-8-16(27)22-20-23-18-17(19(28)24-20)15(13-21-18)14-26-11-9-25(2)10-12-26/h13H,3-12,14H2,1-2H3,(H,22,24,27,28). The van der Waals surface area contributed by atoms with E-state index >= 15 is 0 Å². The Morgan fingerprint density at radius 3 is 2.61 bits per heavy atom. The van der Waals surface area contributed by atoms with Crippen molar-refractivity contribution in [1.29, 1.82) is 0 Å². The third-order valence-corrected chi connectivity index (χ3v) is 5.27. The molecule has 0 radical (unpaired) electrons. The Bertz CT molecular complexity index is 729. The van der Waals surface area contributed by atoms with Crippen molar-refractivity contribution in [3.8, 4) is 0 Å². The highest BCUT2D eigenvalue weighted by atomic mass is 16.2. The van der Waals surface area contributed by atoms with Crippen LogP contribution in [-0.2, 0) is 9.59 Å². The van der Waals surface area contributed by atoms with E-state index in [0.29, 0.717) is 24.4 Å². The third-order valence-electron chi connectivity index (χ3n) is 5.27. The minimum Gasteiger partial charge on any atom is -0.304 e. The fourth-order valence-corrected chi connectivity index (χ4v) is 3.51. The summed E-state index contributed by atoms with van der Waals surface area (Å²) in [7, 11) is 2.11. The van der Waals surface area contributed by atoms with E-state index in [0.717, 1.165) is 51.0 Å². The molecule has 0 unspecified atom stereocenters. The van der Waals surface area contributed by atoms with Gasteiger partial charge < -0.3 is 4.90 Å². The number of amides is 2. The van der Waals surface area contributed by atoms with Crippen molar-refractivity contribution in [2.24, 2.45) is 15.0 Å². The predicted octanol–water partition coefficient (Wildman–Crippen LogP) is 1.39. The van der Waals surface area contributed by atoms with Crippen LogP contribution >= 0.6 is 0 Å². The molecule has 3 heterocycles. The summed E-state index contributed by atoms with van der Waals surface area (Å²) in [5, 5.41) is 2.64. The summed E-state index contributed by atoms with van der Waals surface area (Å²) >= 11 is 0. The lowest BCUT2D eigenvalue weighted by atomic mass is 10.1. The first-order chi connectivity index (χ1) is 13.6. The molecule has 0 aromatic rings. The molecule has 3 rings (SSSR count). The van der Waals surface area contributed by atoms with E-state index in [2.05, 4.69) is 44.1 Å². The number of amidine groups is 1. The van der Waals surface area contributed by atoms with E-state index in [1.165, 1.54) is 12.8 Å². The van der Waals surface area contributed by atoms with Crippen LogP contribution < -0.4 is 5.32 Å². The summed E-state index contributed by atoms with van der Waals surface area (Å²) in [5.74, 6) is -0.105. The van der Waals surface area contributed by atoms with Crippen LogP contribution in [0.15, 0.2) is 26.1 Å². The van der Waals surface area contributed by atoms with E-state index in [-0.39, 0.29) is 17.8 Å². The highest BCUT2D eigenvalue weighted by Crippen LogP contribution is 2.20. The largest absolute Gasteiger partial charge is 0.304 e. The van der Waals surface area contributed by atoms with Crippen LogP contribution in [0.4, 0.5) is 0 Å². The van der Waals surface area contributed by atoms with Crippen molar-refractivity contribution in [2.75, 3.05) is 39.8 Å². The number of likely N-dealkylation sites (N-methyl/N-ethyl adjacent to an activating group) is 1. The van der Waals surface area contributed by atoms with E-state index in [4.69, 9.17) is 0 Å². The van der Waals surface area contributed by atoms with Gasteiger partial charge in [0.05, 0.1) is 5.57 Å². The fraction of sp³-hybridized carbons (Fsp3) is 0.650. The van der Waals surface area contributed by atoms with Gasteiger partial charge in [0, 0.05) is 50.9 Å². The van der Waals surface area contributed by atoms with Crippen LogP contribution in [-0.4, -0.2) is 79.4 Å². The lowest BCUT2D eigenvalue weighted by Crippen LogP contribution is -2.45. The number of rotatable bonds is 8. The first-order valence-electron chi connectivity index (χ1n) is 10.3. The molecule has 0 aliphatic carbocycles. The Kier molecular flexibility index (Phi) is 7.22. The summed E-state index contributed by atoms with van der Waals surface area (Å²) in [5.41, 5.74) is 1.33. The molecule has 0 aromatic heterocycles. The number of carbonyl (C=O) groups is 2. The van der Waals surface area contributed by atoms with Crippen LogP contribution in [0.25, 0.3) is 0 Å². The zero-order valence-electron chi connectivity index (χ0n) is 16.9. The summed E-state index contributed by atoms with van der Waals surface area (Å²) in [6.07, 6.45) is 7.51. The molecule has 28 heavy (non-hydrogen) atoms. The Morgan fingerprint density at radius 2 is 1.86 bits per heavy atom. The van der Waals surface area contributed by atoms with Gasteiger partial charge in [-0.15, -0.1) is 0 Å². The fourth-order valence-electron chi connectivity index (χ4n) is 3.51. The van der Waals surface area contributed by atoms with Gasteiger partial charge in [0.15, 0.2) is 5.84 Å². The Balaban J connectivity index is 1.54. The predicted molar refractivity (Wildman–Crippen MR) is 111 cm³/mol. The number of hydrogen-bond acceptors (Lipinski definition) is 6. The minimum absolute atomic E-state index is 0.0558. The van der Waals surface area contributed by atoms with E-state index < -0.39 is 0 Å². The molecule has 0 atom stereocenters. The molecule has 0 saturated carbocycles. The average molecular weight is 387 g/mol. The second-order valence-corrected chi connectivity index (χ2v) is 7.63. The molecule has 152 valence electrons. The minimum atomic E-state index is -0.370. The van der Waals surface area contributed by atoms with Gasteiger partial charge in [-0.2, -0.15) is 9.98 Å². The van der Waals surface area contributed by atoms with E-state index in [9.17, 15) is 9.59 Å².